The van der Waals surface area contributed by atoms with Crippen molar-refractivity contribution in [3.63, 3.8) is 0 Å². The van der Waals surface area contributed by atoms with Crippen molar-refractivity contribution >= 4 is 10.9 Å². The van der Waals surface area contributed by atoms with E-state index in [-0.39, 0.29) is 6.61 Å². The average Bonchev–Trinajstić information content (AvgIpc) is 2.55. The molecule has 3 rings (SSSR count). The molecule has 3 aromatic rings. The second kappa shape index (κ2) is 6.33. The molecule has 0 bridgehead atoms. The van der Waals surface area contributed by atoms with Gasteiger partial charge in [0.15, 0.2) is 0 Å². The Kier molecular flexibility index (Phi) is 4.07. The van der Waals surface area contributed by atoms with Gasteiger partial charge in [0, 0.05) is 29.8 Å². The van der Waals surface area contributed by atoms with Crippen LogP contribution in [0.3, 0.4) is 0 Å². The van der Waals surface area contributed by atoms with Gasteiger partial charge in [-0.3, -0.25) is 9.97 Å². The topological polar surface area (TPSA) is 55.2 Å². The second-order valence-corrected chi connectivity index (χ2v) is 4.71. The third kappa shape index (κ3) is 3.17. The zero-order chi connectivity index (χ0) is 14.5. The number of pyridine rings is 2. The third-order valence-corrected chi connectivity index (χ3v) is 3.24. The highest BCUT2D eigenvalue weighted by molar-refractivity contribution is 5.85. The van der Waals surface area contributed by atoms with Crippen LogP contribution in [0, 0.1) is 0 Å². The quantitative estimate of drug-likeness (QED) is 0.780. The lowest BCUT2D eigenvalue weighted by Crippen LogP contribution is -2.04. The van der Waals surface area contributed by atoms with Gasteiger partial charge < -0.3 is 9.84 Å². The van der Waals surface area contributed by atoms with E-state index in [0.29, 0.717) is 12.3 Å². The molecule has 2 aromatic heterocycles. The Morgan fingerprint density at radius 2 is 1.86 bits per heavy atom. The Balaban J connectivity index is 1.79. The summed E-state index contributed by atoms with van der Waals surface area (Å²) in [7, 11) is 0. The van der Waals surface area contributed by atoms with Gasteiger partial charge in [-0.1, -0.05) is 18.2 Å². The Labute approximate surface area is 123 Å². The highest BCUT2D eigenvalue weighted by Gasteiger charge is 2.06. The largest absolute Gasteiger partial charge is 0.492 e. The van der Waals surface area contributed by atoms with Crippen LogP contribution in [0.2, 0.25) is 0 Å². The van der Waals surface area contributed by atoms with Gasteiger partial charge in [-0.05, 0) is 24.3 Å². The maximum Gasteiger partial charge on any atom is 0.130 e. The molecule has 4 nitrogen and oxygen atoms in total. The number of para-hydroxylation sites is 1. The van der Waals surface area contributed by atoms with Crippen LogP contribution in [0.1, 0.15) is 11.4 Å². The van der Waals surface area contributed by atoms with Crippen LogP contribution >= 0.6 is 0 Å². The van der Waals surface area contributed by atoms with Gasteiger partial charge in [0.1, 0.15) is 5.75 Å². The summed E-state index contributed by atoms with van der Waals surface area (Å²) in [5, 5.41) is 10.3. The molecule has 0 aliphatic heterocycles. The van der Waals surface area contributed by atoms with Crippen molar-refractivity contribution in [3.8, 4) is 5.75 Å². The number of ether oxygens (including phenoxy) is 1. The summed E-state index contributed by atoms with van der Waals surface area (Å²) < 4.78 is 5.87. The molecule has 0 spiro atoms. The number of aliphatic hydroxyl groups is 1. The molecule has 0 aliphatic rings. The van der Waals surface area contributed by atoms with E-state index in [2.05, 4.69) is 9.97 Å². The zero-order valence-electron chi connectivity index (χ0n) is 11.6. The molecule has 0 saturated heterocycles. The lowest BCUT2D eigenvalue weighted by molar-refractivity contribution is 0.275. The minimum Gasteiger partial charge on any atom is -0.492 e. The normalized spacial score (nSPS) is 10.7. The maximum absolute atomic E-state index is 9.30. The lowest BCUT2D eigenvalue weighted by Gasteiger charge is -2.10. The number of aliphatic hydroxyl groups excluding tert-OH is 1. The number of hydrogen-bond acceptors (Lipinski definition) is 4. The standard InChI is InChI=1S/C17H16N2O2/c20-12-14-11-17(15-6-1-2-7-16(15)19-14)21-10-8-13-5-3-4-9-18-13/h1-7,9,11,20H,8,10,12H2. The highest BCUT2D eigenvalue weighted by atomic mass is 16.5. The number of benzene rings is 1. The molecule has 0 atom stereocenters. The smallest absolute Gasteiger partial charge is 0.130 e. The van der Waals surface area contributed by atoms with E-state index in [0.717, 1.165) is 28.8 Å². The summed E-state index contributed by atoms with van der Waals surface area (Å²) >= 11 is 0. The van der Waals surface area contributed by atoms with E-state index in [9.17, 15) is 5.11 Å². The monoisotopic (exact) mass is 280 g/mol. The molecule has 0 fully saturated rings. The van der Waals surface area contributed by atoms with E-state index in [4.69, 9.17) is 4.74 Å². The van der Waals surface area contributed by atoms with Gasteiger partial charge in [-0.15, -0.1) is 0 Å². The first kappa shape index (κ1) is 13.5. The van der Waals surface area contributed by atoms with Crippen LogP contribution in [0.15, 0.2) is 54.7 Å². The molecular weight excluding hydrogens is 264 g/mol. The van der Waals surface area contributed by atoms with Crippen LogP contribution in [-0.2, 0) is 13.0 Å². The Morgan fingerprint density at radius 3 is 2.67 bits per heavy atom. The van der Waals surface area contributed by atoms with Crippen LogP contribution < -0.4 is 4.74 Å². The van der Waals surface area contributed by atoms with Crippen LogP contribution in [0.4, 0.5) is 0 Å². The summed E-state index contributed by atoms with van der Waals surface area (Å²) in [6.07, 6.45) is 2.52. The van der Waals surface area contributed by atoms with Crippen molar-refractivity contribution in [2.24, 2.45) is 0 Å². The Bertz CT molecular complexity index is 729. The third-order valence-electron chi connectivity index (χ3n) is 3.24. The van der Waals surface area contributed by atoms with Crippen molar-refractivity contribution in [2.75, 3.05) is 6.61 Å². The van der Waals surface area contributed by atoms with Crippen molar-refractivity contribution in [2.45, 2.75) is 13.0 Å². The fraction of sp³-hybridized carbons (Fsp3) is 0.176. The summed E-state index contributed by atoms with van der Waals surface area (Å²) in [6.45, 7) is 0.442. The van der Waals surface area contributed by atoms with Gasteiger partial charge >= 0.3 is 0 Å². The summed E-state index contributed by atoms with van der Waals surface area (Å²) in [5.41, 5.74) is 2.44. The fourth-order valence-corrected chi connectivity index (χ4v) is 2.21. The molecule has 0 unspecified atom stereocenters. The van der Waals surface area contributed by atoms with Gasteiger partial charge in [0.05, 0.1) is 24.4 Å². The van der Waals surface area contributed by atoms with Crippen LogP contribution in [0.25, 0.3) is 10.9 Å². The van der Waals surface area contributed by atoms with Crippen molar-refractivity contribution in [1.29, 1.82) is 0 Å². The first-order valence-corrected chi connectivity index (χ1v) is 6.89. The predicted octanol–water partition coefficient (Wildman–Crippen LogP) is 2.74. The minimum absolute atomic E-state index is 0.0958. The molecule has 1 aromatic carbocycles. The van der Waals surface area contributed by atoms with Crippen LogP contribution in [0.5, 0.6) is 5.75 Å². The molecular formula is C17H16N2O2. The number of aromatic nitrogens is 2. The van der Waals surface area contributed by atoms with Crippen LogP contribution in [-0.4, -0.2) is 21.7 Å². The number of fused-ring (bicyclic) bond motifs is 1. The molecule has 21 heavy (non-hydrogen) atoms. The first-order valence-electron chi connectivity index (χ1n) is 6.89. The molecule has 0 aliphatic carbocycles. The number of nitrogens with zero attached hydrogens (tertiary/aromatic N) is 2. The van der Waals surface area contributed by atoms with E-state index in [1.54, 1.807) is 12.3 Å². The highest BCUT2D eigenvalue weighted by Crippen LogP contribution is 2.25. The Hall–Kier alpha value is -2.46. The second-order valence-electron chi connectivity index (χ2n) is 4.71. The van der Waals surface area contributed by atoms with Crippen molar-refractivity contribution < 1.29 is 9.84 Å². The molecule has 2 heterocycles. The number of rotatable bonds is 5. The van der Waals surface area contributed by atoms with E-state index >= 15 is 0 Å². The van der Waals surface area contributed by atoms with Crippen molar-refractivity contribution in [3.05, 3.63) is 66.1 Å². The molecule has 106 valence electrons. The van der Waals surface area contributed by atoms with Crippen molar-refractivity contribution in [1.82, 2.24) is 9.97 Å². The van der Waals surface area contributed by atoms with Gasteiger partial charge in [0.25, 0.3) is 0 Å². The molecule has 0 amide bonds. The molecule has 0 radical (unpaired) electrons. The van der Waals surface area contributed by atoms with E-state index in [1.165, 1.54) is 0 Å². The molecule has 4 heteroatoms. The average molecular weight is 280 g/mol. The minimum atomic E-state index is -0.0958. The maximum atomic E-state index is 9.30. The number of hydrogen-bond donors (Lipinski definition) is 1. The summed E-state index contributed by atoms with van der Waals surface area (Å²) in [4.78, 5) is 8.65. The van der Waals surface area contributed by atoms with Gasteiger partial charge in [-0.25, -0.2) is 0 Å². The first-order chi connectivity index (χ1) is 10.4. The van der Waals surface area contributed by atoms with Gasteiger partial charge in [-0.2, -0.15) is 0 Å². The summed E-state index contributed by atoms with van der Waals surface area (Å²) in [5.74, 6) is 0.751. The zero-order valence-corrected chi connectivity index (χ0v) is 11.6. The Morgan fingerprint density at radius 1 is 1.00 bits per heavy atom. The predicted molar refractivity (Wildman–Crippen MR) is 81.1 cm³/mol. The SMILES string of the molecule is OCc1cc(OCCc2ccccn2)c2ccccc2n1. The molecule has 1 N–H and O–H groups in total. The fourth-order valence-electron chi connectivity index (χ4n) is 2.21. The van der Waals surface area contributed by atoms with Gasteiger partial charge in [0.2, 0.25) is 0 Å². The summed E-state index contributed by atoms with van der Waals surface area (Å²) in [6, 6.07) is 15.4. The van der Waals surface area contributed by atoms with E-state index in [1.807, 2.05) is 42.5 Å². The lowest BCUT2D eigenvalue weighted by atomic mass is 10.2. The van der Waals surface area contributed by atoms with E-state index < -0.39 is 0 Å². The molecule has 0 saturated carbocycles.